The number of carbonyl (C=O) groups excluding carboxylic acids is 3. The number of nitrogens with one attached hydrogen (secondary N) is 2. The van der Waals surface area contributed by atoms with Crippen LogP contribution in [0, 0.1) is 0 Å². The maximum absolute atomic E-state index is 12.6. The Hall–Kier alpha value is -2.28. The van der Waals surface area contributed by atoms with Gasteiger partial charge in [0, 0.05) is 19.0 Å². The van der Waals surface area contributed by atoms with Gasteiger partial charge in [0.15, 0.2) is 0 Å². The number of halogens is 3. The molecule has 0 aliphatic heterocycles. The number of benzene rings is 2. The van der Waals surface area contributed by atoms with Gasteiger partial charge in [-0.3, -0.25) is 14.4 Å². The van der Waals surface area contributed by atoms with Gasteiger partial charge in [-0.1, -0.05) is 53.0 Å². The molecule has 29 heavy (non-hydrogen) atoms. The van der Waals surface area contributed by atoms with Crippen LogP contribution < -0.4 is 10.6 Å². The highest BCUT2D eigenvalue weighted by Gasteiger charge is 2.21. The van der Waals surface area contributed by atoms with Crippen molar-refractivity contribution in [3.63, 3.8) is 0 Å². The summed E-state index contributed by atoms with van der Waals surface area (Å²) < 4.78 is 0. The molecule has 6 nitrogen and oxygen atoms in total. The third kappa shape index (κ3) is 6.92. The minimum atomic E-state index is -0.541. The summed E-state index contributed by atoms with van der Waals surface area (Å²) in [5.74, 6) is -1.04. The Labute approximate surface area is 184 Å². The number of carbonyl (C=O) groups is 3. The fraction of sp³-hybridized carbons (Fsp3) is 0.250. The molecule has 0 radical (unpaired) electrons. The van der Waals surface area contributed by atoms with E-state index in [4.69, 9.17) is 34.8 Å². The molecule has 2 rings (SSSR count). The lowest BCUT2D eigenvalue weighted by Crippen LogP contribution is -2.38. The molecule has 2 aromatic rings. The second-order valence-corrected chi connectivity index (χ2v) is 7.65. The van der Waals surface area contributed by atoms with Gasteiger partial charge in [-0.05, 0) is 29.8 Å². The molecule has 0 bridgehead atoms. The SMILES string of the molecule is CC(=O)NC(CC(=O)N(C)CC(=O)Nc1c(Cl)cccc1Cl)c1ccc(Cl)cc1. The predicted molar refractivity (Wildman–Crippen MR) is 115 cm³/mol. The Morgan fingerprint density at radius 1 is 1.00 bits per heavy atom. The molecule has 0 aliphatic rings. The van der Waals surface area contributed by atoms with Gasteiger partial charge in [0.25, 0.3) is 0 Å². The van der Waals surface area contributed by atoms with Crippen LogP contribution in [0.1, 0.15) is 24.9 Å². The standard InChI is InChI=1S/C20H20Cl3N3O3/c1-12(27)24-17(13-6-8-14(21)9-7-13)10-19(29)26(2)11-18(28)25-20-15(22)4-3-5-16(20)23/h3-9,17H,10-11H2,1-2H3,(H,24,27)(H,25,28). The van der Waals surface area contributed by atoms with E-state index in [0.717, 1.165) is 5.56 Å². The number of hydrogen-bond donors (Lipinski definition) is 2. The molecule has 0 fully saturated rings. The molecule has 0 heterocycles. The topological polar surface area (TPSA) is 78.5 Å². The van der Waals surface area contributed by atoms with Gasteiger partial charge in [0.05, 0.1) is 34.7 Å². The molecule has 0 saturated heterocycles. The van der Waals surface area contributed by atoms with Crippen molar-refractivity contribution < 1.29 is 14.4 Å². The van der Waals surface area contributed by atoms with E-state index >= 15 is 0 Å². The fourth-order valence-electron chi connectivity index (χ4n) is 2.62. The van der Waals surface area contributed by atoms with Crippen LogP contribution in [0.25, 0.3) is 0 Å². The molecule has 0 aliphatic carbocycles. The predicted octanol–water partition coefficient (Wildman–Crippen LogP) is 4.31. The Kier molecular flexibility index (Phi) is 8.32. The first-order chi connectivity index (χ1) is 13.7. The summed E-state index contributed by atoms with van der Waals surface area (Å²) >= 11 is 18.0. The summed E-state index contributed by atoms with van der Waals surface area (Å²) in [5.41, 5.74) is 1.03. The number of likely N-dealkylation sites (N-methyl/N-ethyl adjacent to an activating group) is 1. The van der Waals surface area contributed by atoms with Crippen LogP contribution in [0.4, 0.5) is 5.69 Å². The molecule has 2 aromatic carbocycles. The molecule has 154 valence electrons. The lowest BCUT2D eigenvalue weighted by molar-refractivity contribution is -0.134. The van der Waals surface area contributed by atoms with Crippen molar-refractivity contribution in [3.05, 3.63) is 63.1 Å². The zero-order valence-electron chi connectivity index (χ0n) is 15.8. The zero-order valence-corrected chi connectivity index (χ0v) is 18.1. The van der Waals surface area contributed by atoms with Crippen molar-refractivity contribution in [3.8, 4) is 0 Å². The van der Waals surface area contributed by atoms with Gasteiger partial charge in [-0.25, -0.2) is 0 Å². The van der Waals surface area contributed by atoms with Crippen molar-refractivity contribution in [2.45, 2.75) is 19.4 Å². The smallest absolute Gasteiger partial charge is 0.244 e. The van der Waals surface area contributed by atoms with Crippen LogP contribution >= 0.6 is 34.8 Å². The van der Waals surface area contributed by atoms with Gasteiger partial charge >= 0.3 is 0 Å². The van der Waals surface area contributed by atoms with Crippen molar-refractivity contribution >= 4 is 58.2 Å². The quantitative estimate of drug-likeness (QED) is 0.651. The molecule has 3 amide bonds. The maximum atomic E-state index is 12.6. The van der Waals surface area contributed by atoms with E-state index in [0.29, 0.717) is 20.8 Å². The van der Waals surface area contributed by atoms with Crippen molar-refractivity contribution in [1.82, 2.24) is 10.2 Å². The number of amides is 3. The molecule has 2 N–H and O–H groups in total. The third-order valence-corrected chi connectivity index (χ3v) is 4.94. The molecular weight excluding hydrogens is 437 g/mol. The fourth-order valence-corrected chi connectivity index (χ4v) is 3.24. The number of rotatable bonds is 7. The first-order valence-corrected chi connectivity index (χ1v) is 9.81. The Morgan fingerprint density at radius 3 is 2.14 bits per heavy atom. The minimum Gasteiger partial charge on any atom is -0.349 e. The van der Waals surface area contributed by atoms with Gasteiger partial charge in [-0.2, -0.15) is 0 Å². The van der Waals surface area contributed by atoms with E-state index in [9.17, 15) is 14.4 Å². The van der Waals surface area contributed by atoms with Gasteiger partial charge in [-0.15, -0.1) is 0 Å². The zero-order chi connectivity index (χ0) is 21.6. The van der Waals surface area contributed by atoms with E-state index in [1.165, 1.54) is 18.9 Å². The van der Waals surface area contributed by atoms with E-state index in [-0.39, 0.29) is 24.8 Å². The average Bonchev–Trinajstić information content (AvgIpc) is 2.64. The molecule has 1 unspecified atom stereocenters. The highest BCUT2D eigenvalue weighted by molar-refractivity contribution is 6.39. The summed E-state index contributed by atoms with van der Waals surface area (Å²) in [6.45, 7) is 1.17. The van der Waals surface area contributed by atoms with Crippen LogP contribution in [0.15, 0.2) is 42.5 Å². The van der Waals surface area contributed by atoms with E-state index in [1.54, 1.807) is 42.5 Å². The highest BCUT2D eigenvalue weighted by atomic mass is 35.5. The van der Waals surface area contributed by atoms with Gasteiger partial charge in [0.1, 0.15) is 0 Å². The molecule has 0 saturated carbocycles. The third-order valence-electron chi connectivity index (χ3n) is 4.06. The van der Waals surface area contributed by atoms with Crippen molar-refractivity contribution in [1.29, 1.82) is 0 Å². The Balaban J connectivity index is 2.02. The summed E-state index contributed by atoms with van der Waals surface area (Å²) in [7, 11) is 1.50. The molecular formula is C20H20Cl3N3O3. The van der Waals surface area contributed by atoms with Crippen LogP contribution in [-0.4, -0.2) is 36.2 Å². The van der Waals surface area contributed by atoms with Crippen molar-refractivity contribution in [2.24, 2.45) is 0 Å². The highest BCUT2D eigenvalue weighted by Crippen LogP contribution is 2.29. The largest absolute Gasteiger partial charge is 0.349 e. The minimum absolute atomic E-state index is 0.0160. The monoisotopic (exact) mass is 455 g/mol. The lowest BCUT2D eigenvalue weighted by atomic mass is 10.0. The first kappa shape index (κ1) is 23.0. The summed E-state index contributed by atoms with van der Waals surface area (Å²) in [6, 6.07) is 11.2. The van der Waals surface area contributed by atoms with Crippen LogP contribution in [0.3, 0.4) is 0 Å². The van der Waals surface area contributed by atoms with Crippen LogP contribution in [0.2, 0.25) is 15.1 Å². The van der Waals surface area contributed by atoms with Gasteiger partial charge in [0.2, 0.25) is 17.7 Å². The summed E-state index contributed by atoms with van der Waals surface area (Å²) in [6.07, 6.45) is -0.0160. The number of nitrogens with zero attached hydrogens (tertiary/aromatic N) is 1. The van der Waals surface area contributed by atoms with E-state index in [1.807, 2.05) is 0 Å². The number of anilines is 1. The maximum Gasteiger partial charge on any atom is 0.244 e. The average molecular weight is 457 g/mol. The lowest BCUT2D eigenvalue weighted by Gasteiger charge is -2.22. The summed E-state index contributed by atoms with van der Waals surface area (Å²) in [4.78, 5) is 37.7. The first-order valence-electron chi connectivity index (χ1n) is 8.67. The molecule has 0 spiro atoms. The van der Waals surface area contributed by atoms with E-state index < -0.39 is 11.9 Å². The van der Waals surface area contributed by atoms with Crippen molar-refractivity contribution in [2.75, 3.05) is 18.9 Å². The Bertz CT molecular complexity index is 883. The Morgan fingerprint density at radius 2 is 1.59 bits per heavy atom. The second-order valence-electron chi connectivity index (χ2n) is 6.40. The second kappa shape index (κ2) is 10.5. The van der Waals surface area contributed by atoms with Crippen LogP contribution in [0.5, 0.6) is 0 Å². The van der Waals surface area contributed by atoms with Gasteiger partial charge < -0.3 is 15.5 Å². The van der Waals surface area contributed by atoms with E-state index in [2.05, 4.69) is 10.6 Å². The normalized spacial score (nSPS) is 11.5. The molecule has 1 atom stereocenters. The number of hydrogen-bond acceptors (Lipinski definition) is 3. The summed E-state index contributed by atoms with van der Waals surface area (Å²) in [5, 5.41) is 6.50. The van der Waals surface area contributed by atoms with Crippen LogP contribution in [-0.2, 0) is 14.4 Å². The molecule has 9 heteroatoms. The molecule has 0 aromatic heterocycles. The number of para-hydroxylation sites is 1.